The van der Waals surface area contributed by atoms with Gasteiger partial charge < -0.3 is 15.3 Å². The molecule has 3 rings (SSSR count). The summed E-state index contributed by atoms with van der Waals surface area (Å²) < 4.78 is 1.44. The normalized spacial score (nSPS) is 21.4. The lowest BCUT2D eigenvalue weighted by molar-refractivity contribution is -0.143. The smallest absolute Gasteiger partial charge is 0.326 e. The number of aliphatic carboxylic acids is 1. The van der Waals surface area contributed by atoms with Crippen molar-refractivity contribution in [3.63, 3.8) is 0 Å². The van der Waals surface area contributed by atoms with E-state index in [1.807, 2.05) is 0 Å². The number of nitrogens with one attached hydrogen (secondary N) is 1. The lowest BCUT2D eigenvalue weighted by atomic mass is 9.95. The molecule has 8 nitrogen and oxygen atoms in total. The van der Waals surface area contributed by atoms with Gasteiger partial charge in [-0.05, 0) is 32.1 Å². The predicted molar refractivity (Wildman–Crippen MR) is 93.6 cm³/mol. The zero-order chi connectivity index (χ0) is 18.5. The second-order valence-electron chi connectivity index (χ2n) is 7.18. The maximum atomic E-state index is 12.6. The van der Waals surface area contributed by atoms with Gasteiger partial charge in [-0.2, -0.15) is 5.10 Å². The third kappa shape index (κ3) is 4.42. The molecule has 1 saturated heterocycles. The van der Waals surface area contributed by atoms with Crippen molar-refractivity contribution >= 4 is 17.8 Å². The summed E-state index contributed by atoms with van der Waals surface area (Å²) >= 11 is 0. The quantitative estimate of drug-likeness (QED) is 0.824. The molecule has 0 unspecified atom stereocenters. The number of carboxylic acids is 1. The molecule has 142 valence electrons. The Labute approximate surface area is 152 Å². The summed E-state index contributed by atoms with van der Waals surface area (Å²) in [5, 5.41) is 16.4. The molecule has 8 heteroatoms. The van der Waals surface area contributed by atoms with E-state index in [9.17, 15) is 19.5 Å². The van der Waals surface area contributed by atoms with Crippen LogP contribution in [0.5, 0.6) is 0 Å². The van der Waals surface area contributed by atoms with E-state index in [1.165, 1.54) is 28.4 Å². The van der Waals surface area contributed by atoms with Crippen LogP contribution in [0, 0.1) is 0 Å². The third-order valence-corrected chi connectivity index (χ3v) is 5.20. The fraction of sp³-hybridized carbons (Fsp3) is 0.667. The van der Waals surface area contributed by atoms with Crippen LogP contribution in [0.2, 0.25) is 0 Å². The maximum Gasteiger partial charge on any atom is 0.326 e. The van der Waals surface area contributed by atoms with Crippen molar-refractivity contribution in [2.24, 2.45) is 0 Å². The molecule has 1 aliphatic carbocycles. The first-order valence-corrected chi connectivity index (χ1v) is 9.40. The van der Waals surface area contributed by atoms with Crippen molar-refractivity contribution in [3.05, 3.63) is 18.0 Å². The lowest BCUT2D eigenvalue weighted by Gasteiger charge is -2.32. The molecule has 26 heavy (non-hydrogen) atoms. The summed E-state index contributed by atoms with van der Waals surface area (Å²) in [5.74, 6) is -1.42. The number of aromatic nitrogens is 2. The van der Waals surface area contributed by atoms with E-state index < -0.39 is 12.0 Å². The zero-order valence-corrected chi connectivity index (χ0v) is 14.9. The molecule has 1 saturated carbocycles. The predicted octanol–water partition coefficient (Wildman–Crippen LogP) is 1.41. The number of hydrogen-bond acceptors (Lipinski definition) is 4. The summed E-state index contributed by atoms with van der Waals surface area (Å²) in [5.41, 5.74) is 0.323. The van der Waals surface area contributed by atoms with Crippen LogP contribution in [0.3, 0.4) is 0 Å². The van der Waals surface area contributed by atoms with E-state index in [2.05, 4.69) is 10.4 Å². The number of carbonyl (C=O) groups is 3. The van der Waals surface area contributed by atoms with Crippen LogP contribution < -0.4 is 5.32 Å². The van der Waals surface area contributed by atoms with Crippen LogP contribution in [0.25, 0.3) is 0 Å². The van der Waals surface area contributed by atoms with Gasteiger partial charge in [0.15, 0.2) is 0 Å². The van der Waals surface area contributed by atoms with E-state index in [0.29, 0.717) is 18.5 Å². The van der Waals surface area contributed by atoms with Gasteiger partial charge in [0.2, 0.25) is 5.91 Å². The van der Waals surface area contributed by atoms with Crippen LogP contribution in [0.4, 0.5) is 0 Å². The summed E-state index contributed by atoms with van der Waals surface area (Å²) in [7, 11) is 0. The molecule has 1 atom stereocenters. The lowest BCUT2D eigenvalue weighted by Crippen LogP contribution is -2.47. The molecule has 1 aromatic rings. The summed E-state index contributed by atoms with van der Waals surface area (Å²) in [6.07, 6.45) is 10.6. The Hall–Kier alpha value is -2.38. The van der Waals surface area contributed by atoms with Gasteiger partial charge in [0.05, 0.1) is 11.8 Å². The number of carboxylic acid groups (broad SMARTS) is 1. The first kappa shape index (κ1) is 18.4. The van der Waals surface area contributed by atoms with Gasteiger partial charge in [-0.3, -0.25) is 14.3 Å². The van der Waals surface area contributed by atoms with Gasteiger partial charge in [0, 0.05) is 18.8 Å². The average Bonchev–Trinajstić information content (AvgIpc) is 3.10. The van der Waals surface area contributed by atoms with Crippen molar-refractivity contribution in [1.29, 1.82) is 0 Å². The third-order valence-electron chi connectivity index (χ3n) is 5.20. The van der Waals surface area contributed by atoms with Gasteiger partial charge in [-0.25, -0.2) is 4.79 Å². The average molecular weight is 362 g/mol. The molecule has 2 N–H and O–H groups in total. The van der Waals surface area contributed by atoms with Gasteiger partial charge >= 0.3 is 5.97 Å². The molecule has 2 fully saturated rings. The van der Waals surface area contributed by atoms with Gasteiger partial charge in [0.25, 0.3) is 5.91 Å². The molecule has 2 amide bonds. The highest BCUT2D eigenvalue weighted by Crippen LogP contribution is 2.20. The Balaban J connectivity index is 1.58. The highest BCUT2D eigenvalue weighted by molar-refractivity contribution is 5.96. The number of hydrogen-bond donors (Lipinski definition) is 2. The minimum absolute atomic E-state index is 0.0616. The van der Waals surface area contributed by atoms with Gasteiger partial charge in [-0.1, -0.05) is 19.3 Å². The number of nitrogens with zero attached hydrogens (tertiary/aromatic N) is 3. The molecule has 2 aliphatic rings. The fourth-order valence-electron chi connectivity index (χ4n) is 3.83. The van der Waals surface area contributed by atoms with E-state index in [1.54, 1.807) is 0 Å². The van der Waals surface area contributed by atoms with E-state index in [4.69, 9.17) is 0 Å². The Bertz CT molecular complexity index is 666. The second-order valence-corrected chi connectivity index (χ2v) is 7.18. The number of piperidine rings is 1. The van der Waals surface area contributed by atoms with Crippen LogP contribution >= 0.6 is 0 Å². The molecular weight excluding hydrogens is 336 g/mol. The van der Waals surface area contributed by atoms with Crippen molar-refractivity contribution < 1.29 is 19.5 Å². The monoisotopic (exact) mass is 362 g/mol. The number of likely N-dealkylation sites (tertiary alicyclic amines) is 1. The largest absolute Gasteiger partial charge is 0.480 e. The molecule has 0 radical (unpaired) electrons. The van der Waals surface area contributed by atoms with E-state index >= 15 is 0 Å². The first-order chi connectivity index (χ1) is 12.5. The number of rotatable bonds is 5. The Morgan fingerprint density at radius 2 is 1.85 bits per heavy atom. The molecule has 2 heterocycles. The second kappa shape index (κ2) is 8.33. The van der Waals surface area contributed by atoms with Gasteiger partial charge in [-0.15, -0.1) is 0 Å². The highest BCUT2D eigenvalue weighted by atomic mass is 16.4. The maximum absolute atomic E-state index is 12.6. The minimum atomic E-state index is -0.975. The summed E-state index contributed by atoms with van der Waals surface area (Å²) in [4.78, 5) is 37.6. The van der Waals surface area contributed by atoms with E-state index in [-0.39, 0.29) is 24.4 Å². The van der Waals surface area contributed by atoms with Crippen LogP contribution in [-0.2, 0) is 16.1 Å². The van der Waals surface area contributed by atoms with Crippen molar-refractivity contribution in [2.45, 2.75) is 70.0 Å². The Morgan fingerprint density at radius 1 is 1.12 bits per heavy atom. The number of amides is 2. The minimum Gasteiger partial charge on any atom is -0.480 e. The SMILES string of the molecule is O=C(Cn1cc(C(=O)N2CCCC[C@@H]2C(=O)O)cn1)NC1CCCCC1. The first-order valence-electron chi connectivity index (χ1n) is 9.40. The molecule has 1 aliphatic heterocycles. The Morgan fingerprint density at radius 3 is 2.58 bits per heavy atom. The van der Waals surface area contributed by atoms with E-state index in [0.717, 1.165) is 38.5 Å². The molecule has 0 aromatic carbocycles. The van der Waals surface area contributed by atoms with Crippen LogP contribution in [-0.4, -0.2) is 56.2 Å². The van der Waals surface area contributed by atoms with Crippen molar-refractivity contribution in [2.75, 3.05) is 6.54 Å². The molecule has 0 bridgehead atoms. The van der Waals surface area contributed by atoms with Gasteiger partial charge in [0.1, 0.15) is 12.6 Å². The summed E-state index contributed by atoms with van der Waals surface area (Å²) in [6, 6.07) is -0.549. The topological polar surface area (TPSA) is 105 Å². The van der Waals surface area contributed by atoms with Crippen LogP contribution in [0.15, 0.2) is 12.4 Å². The summed E-state index contributed by atoms with van der Waals surface area (Å²) in [6.45, 7) is 0.495. The zero-order valence-electron chi connectivity index (χ0n) is 14.9. The Kier molecular flexibility index (Phi) is 5.90. The molecular formula is C18H26N4O4. The standard InChI is InChI=1S/C18H26N4O4/c23-16(20-14-6-2-1-3-7-14)12-21-11-13(10-19-21)17(24)22-9-5-4-8-15(22)18(25)26/h10-11,14-15H,1-9,12H2,(H,20,23)(H,25,26)/t15-/m1/s1. The van der Waals surface area contributed by atoms with Crippen molar-refractivity contribution in [3.8, 4) is 0 Å². The molecule has 0 spiro atoms. The van der Waals surface area contributed by atoms with Crippen LogP contribution in [0.1, 0.15) is 61.7 Å². The highest BCUT2D eigenvalue weighted by Gasteiger charge is 2.33. The fourth-order valence-corrected chi connectivity index (χ4v) is 3.83. The molecule has 1 aromatic heterocycles. The van der Waals surface area contributed by atoms with Crippen molar-refractivity contribution in [1.82, 2.24) is 20.0 Å². The number of carbonyl (C=O) groups excluding carboxylic acids is 2.